The lowest BCUT2D eigenvalue weighted by atomic mass is 9.67. The lowest BCUT2D eigenvalue weighted by Crippen LogP contribution is -2.29. The predicted molar refractivity (Wildman–Crippen MR) is 304 cm³/mol. The van der Waals surface area contributed by atoms with E-state index in [1.807, 2.05) is 0 Å². The molecular weight excluding hydrogens is 867 g/mol. The first-order chi connectivity index (χ1) is 34.9. The fourth-order valence-electron chi connectivity index (χ4n) is 13.3. The van der Waals surface area contributed by atoms with Crippen LogP contribution in [0.4, 0.5) is 17.1 Å². The number of rotatable bonds is 8. The van der Waals surface area contributed by atoms with Crippen molar-refractivity contribution in [2.75, 3.05) is 4.90 Å². The number of hydrogen-bond donors (Lipinski definition) is 0. The molecule has 0 radical (unpaired) electrons. The summed E-state index contributed by atoms with van der Waals surface area (Å²) >= 11 is 0. The minimum absolute atomic E-state index is 0.559. The Morgan fingerprint density at radius 3 is 1.03 bits per heavy atom. The van der Waals surface area contributed by atoms with Gasteiger partial charge in [0.15, 0.2) is 0 Å². The average molecular weight is 928 g/mol. The fraction of sp³-hybridized carbons (Fsp3) is 0.155. The fourth-order valence-corrected chi connectivity index (χ4v) is 13.3. The molecule has 350 valence electrons. The van der Waals surface area contributed by atoms with Gasteiger partial charge in [-0.15, -0.1) is 0 Å². The molecule has 2 unspecified atom stereocenters. The molecule has 10 aromatic rings. The van der Waals surface area contributed by atoms with Crippen LogP contribution >= 0.6 is 0 Å². The van der Waals surface area contributed by atoms with Gasteiger partial charge in [-0.1, -0.05) is 192 Å². The van der Waals surface area contributed by atoms with Crippen molar-refractivity contribution < 1.29 is 0 Å². The number of fused-ring (bicyclic) bond motifs is 6. The second-order valence-electron chi connectivity index (χ2n) is 20.9. The van der Waals surface area contributed by atoms with Crippen LogP contribution in [0.1, 0.15) is 94.6 Å². The van der Waals surface area contributed by atoms with Crippen molar-refractivity contribution in [3.63, 3.8) is 0 Å². The molecule has 0 heterocycles. The summed E-state index contributed by atoms with van der Waals surface area (Å²) in [5.41, 5.74) is 32.1. The molecule has 2 atom stereocenters. The molecule has 0 spiro atoms. The number of nitrogens with zero attached hydrogens (tertiary/aromatic N) is 1. The predicted octanol–water partition coefficient (Wildman–Crippen LogP) is 18.3. The van der Waals surface area contributed by atoms with Crippen LogP contribution in [0.25, 0.3) is 33.4 Å². The van der Waals surface area contributed by atoms with Gasteiger partial charge in [-0.25, -0.2) is 0 Å². The standard InChI is InChI=1S/C71H61N/c1-44-36-45(2)39-56(38-44)70(54-20-12-10-13-21-54)65-26-18-16-24-61(65)63-34-32-59(42-67(63)70)72(58-30-28-53(29-31-58)69-51(8)49(6)48(5)50(7)52(69)9)60-33-35-64-62-25-17-19-27-66(62)71(68(64)43-60,55-22-14-11-15-23-55)57-40-46(3)37-47(4)41-57/h10-43H,1-9H3. The van der Waals surface area contributed by atoms with E-state index in [1.54, 1.807) is 0 Å². The van der Waals surface area contributed by atoms with E-state index in [-0.39, 0.29) is 0 Å². The van der Waals surface area contributed by atoms with Crippen LogP contribution in [-0.2, 0) is 10.8 Å². The maximum atomic E-state index is 2.52. The summed E-state index contributed by atoms with van der Waals surface area (Å²) < 4.78 is 0. The lowest BCUT2D eigenvalue weighted by Gasteiger charge is -2.36. The second kappa shape index (κ2) is 17.1. The van der Waals surface area contributed by atoms with Crippen LogP contribution < -0.4 is 4.90 Å². The first-order valence-corrected chi connectivity index (χ1v) is 25.7. The SMILES string of the molecule is Cc1cc(C)cc(C2(c3ccccc3)c3ccccc3-c3ccc(N(c4ccc(-c5c(C)c(C)c(C)c(C)c5C)cc4)c4ccc5c(c4)C(c4ccccc4)(c4cc(C)cc(C)c4)c4ccccc4-5)cc32)c1. The molecule has 0 N–H and O–H groups in total. The van der Waals surface area contributed by atoms with Crippen molar-refractivity contribution in [2.45, 2.75) is 73.1 Å². The van der Waals surface area contributed by atoms with Crippen molar-refractivity contribution >= 4 is 17.1 Å². The molecule has 0 aliphatic heterocycles. The average Bonchev–Trinajstić information content (AvgIpc) is 3.86. The normalized spacial score (nSPS) is 16.2. The van der Waals surface area contributed by atoms with Gasteiger partial charge in [-0.2, -0.15) is 0 Å². The van der Waals surface area contributed by atoms with Crippen LogP contribution in [0.15, 0.2) is 206 Å². The van der Waals surface area contributed by atoms with Crippen LogP contribution in [0.5, 0.6) is 0 Å². The quantitative estimate of drug-likeness (QED) is 0.147. The molecule has 2 aliphatic carbocycles. The third-order valence-electron chi connectivity index (χ3n) is 16.7. The molecule has 0 bridgehead atoms. The number of anilines is 3. The molecule has 0 fully saturated rings. The van der Waals surface area contributed by atoms with Crippen molar-refractivity contribution in [1.29, 1.82) is 0 Å². The van der Waals surface area contributed by atoms with E-state index in [9.17, 15) is 0 Å². The van der Waals surface area contributed by atoms with Gasteiger partial charge in [0.2, 0.25) is 0 Å². The Labute approximate surface area is 427 Å². The first-order valence-electron chi connectivity index (χ1n) is 25.7. The monoisotopic (exact) mass is 927 g/mol. The molecule has 10 aromatic carbocycles. The zero-order valence-electron chi connectivity index (χ0n) is 43.1. The first kappa shape index (κ1) is 45.2. The number of benzene rings is 10. The van der Waals surface area contributed by atoms with Gasteiger partial charge < -0.3 is 4.90 Å². The molecule has 1 nitrogen and oxygen atoms in total. The molecule has 12 rings (SSSR count). The van der Waals surface area contributed by atoms with Crippen molar-refractivity contribution in [2.24, 2.45) is 0 Å². The third kappa shape index (κ3) is 6.67. The molecule has 2 aliphatic rings. The highest BCUT2D eigenvalue weighted by Crippen LogP contribution is 2.60. The maximum absolute atomic E-state index is 2.52. The van der Waals surface area contributed by atoms with E-state index in [0.717, 1.165) is 17.1 Å². The molecule has 0 saturated carbocycles. The van der Waals surface area contributed by atoms with Crippen LogP contribution in [0.2, 0.25) is 0 Å². The van der Waals surface area contributed by atoms with Gasteiger partial charge in [-0.3, -0.25) is 0 Å². The number of hydrogen-bond acceptors (Lipinski definition) is 1. The molecule has 1 heteroatoms. The Hall–Kier alpha value is -8.00. The summed E-state index contributed by atoms with van der Waals surface area (Å²) in [5.74, 6) is 0. The summed E-state index contributed by atoms with van der Waals surface area (Å²) in [6, 6.07) is 78.9. The van der Waals surface area contributed by atoms with Gasteiger partial charge >= 0.3 is 0 Å². The van der Waals surface area contributed by atoms with E-state index in [0.29, 0.717) is 0 Å². The summed E-state index contributed by atoms with van der Waals surface area (Å²) in [6.45, 7) is 20.3. The van der Waals surface area contributed by atoms with E-state index in [4.69, 9.17) is 0 Å². The maximum Gasteiger partial charge on any atom is 0.0714 e. The third-order valence-corrected chi connectivity index (χ3v) is 16.7. The molecule has 0 saturated heterocycles. The minimum atomic E-state index is -0.559. The Bertz CT molecular complexity index is 3520. The number of aryl methyl sites for hydroxylation is 4. The summed E-state index contributed by atoms with van der Waals surface area (Å²) in [6.07, 6.45) is 0. The van der Waals surface area contributed by atoms with Crippen LogP contribution in [0, 0.1) is 62.3 Å². The molecule has 72 heavy (non-hydrogen) atoms. The highest BCUT2D eigenvalue weighted by molar-refractivity contribution is 5.93. The Balaban J connectivity index is 1.15. The van der Waals surface area contributed by atoms with E-state index in [2.05, 4.69) is 273 Å². The topological polar surface area (TPSA) is 3.24 Å². The Morgan fingerprint density at radius 2 is 0.611 bits per heavy atom. The van der Waals surface area contributed by atoms with Crippen LogP contribution in [0.3, 0.4) is 0 Å². The Kier molecular flexibility index (Phi) is 10.7. The summed E-state index contributed by atoms with van der Waals surface area (Å²) in [5, 5.41) is 0. The van der Waals surface area contributed by atoms with Gasteiger partial charge in [0.05, 0.1) is 10.8 Å². The van der Waals surface area contributed by atoms with Crippen molar-refractivity contribution in [1.82, 2.24) is 0 Å². The van der Waals surface area contributed by atoms with Gasteiger partial charge in [0, 0.05) is 17.1 Å². The van der Waals surface area contributed by atoms with Gasteiger partial charge in [0.1, 0.15) is 0 Å². The second-order valence-corrected chi connectivity index (χ2v) is 20.9. The van der Waals surface area contributed by atoms with E-state index < -0.39 is 10.8 Å². The molecule has 0 amide bonds. The van der Waals surface area contributed by atoms with Gasteiger partial charge in [0.25, 0.3) is 0 Å². The summed E-state index contributed by atoms with van der Waals surface area (Å²) in [4.78, 5) is 2.52. The largest absolute Gasteiger partial charge is 0.310 e. The smallest absolute Gasteiger partial charge is 0.0714 e. The zero-order chi connectivity index (χ0) is 49.6. The minimum Gasteiger partial charge on any atom is -0.310 e. The van der Waals surface area contributed by atoms with Crippen LogP contribution in [-0.4, -0.2) is 0 Å². The highest BCUT2D eigenvalue weighted by atomic mass is 15.1. The van der Waals surface area contributed by atoms with E-state index in [1.165, 1.54) is 128 Å². The molecular formula is C71H61N. The lowest BCUT2D eigenvalue weighted by molar-refractivity contribution is 0.765. The molecule has 0 aromatic heterocycles. The van der Waals surface area contributed by atoms with Crippen molar-refractivity contribution in [3.8, 4) is 33.4 Å². The highest BCUT2D eigenvalue weighted by Gasteiger charge is 2.48. The summed E-state index contributed by atoms with van der Waals surface area (Å²) in [7, 11) is 0. The zero-order valence-corrected chi connectivity index (χ0v) is 43.1. The Morgan fingerprint density at radius 1 is 0.264 bits per heavy atom. The van der Waals surface area contributed by atoms with Crippen molar-refractivity contribution in [3.05, 3.63) is 301 Å². The van der Waals surface area contributed by atoms with Gasteiger partial charge in [-0.05, 0) is 204 Å². The van der Waals surface area contributed by atoms with E-state index >= 15 is 0 Å².